The van der Waals surface area contributed by atoms with E-state index in [1.807, 2.05) is 18.2 Å². The van der Waals surface area contributed by atoms with Gasteiger partial charge < -0.3 is 15.5 Å². The van der Waals surface area contributed by atoms with Crippen LogP contribution in [-0.4, -0.2) is 44.0 Å². The number of nitrogens with zero attached hydrogens (tertiary/aromatic N) is 2. The number of anilines is 1. The van der Waals surface area contributed by atoms with E-state index in [1.54, 1.807) is 0 Å². The third-order valence-corrected chi connectivity index (χ3v) is 4.49. The van der Waals surface area contributed by atoms with Gasteiger partial charge in [-0.05, 0) is 54.5 Å². The standard InChI is InChI=1S/C14H21BrN4/c1-18-8-4-5-10(18)9-19(2)12-7-3-6-11(15)13(12)14(16)17/h3,6-7,10H,4-5,8-9H2,1-2H3,(H3,16,17). The summed E-state index contributed by atoms with van der Waals surface area (Å²) in [7, 11) is 4.25. The van der Waals surface area contributed by atoms with E-state index in [0.29, 0.717) is 6.04 Å². The zero-order valence-electron chi connectivity index (χ0n) is 11.5. The molecule has 4 nitrogen and oxygen atoms in total. The van der Waals surface area contributed by atoms with Crippen molar-refractivity contribution in [2.24, 2.45) is 5.73 Å². The highest BCUT2D eigenvalue weighted by molar-refractivity contribution is 9.10. The minimum absolute atomic E-state index is 0.106. The van der Waals surface area contributed by atoms with E-state index in [9.17, 15) is 0 Å². The molecule has 1 aromatic rings. The molecular formula is C14H21BrN4. The molecular weight excluding hydrogens is 304 g/mol. The molecule has 104 valence electrons. The number of amidine groups is 1. The first-order valence-corrected chi connectivity index (χ1v) is 7.34. The molecule has 0 amide bonds. The van der Waals surface area contributed by atoms with E-state index in [0.717, 1.165) is 22.3 Å². The van der Waals surface area contributed by atoms with Crippen LogP contribution in [0.3, 0.4) is 0 Å². The molecule has 1 aromatic carbocycles. The summed E-state index contributed by atoms with van der Waals surface area (Å²) in [6, 6.07) is 6.52. The molecule has 1 aliphatic rings. The van der Waals surface area contributed by atoms with Crippen molar-refractivity contribution in [2.45, 2.75) is 18.9 Å². The fourth-order valence-electron chi connectivity index (χ4n) is 2.72. The fraction of sp³-hybridized carbons (Fsp3) is 0.500. The van der Waals surface area contributed by atoms with Crippen LogP contribution in [-0.2, 0) is 0 Å². The highest BCUT2D eigenvalue weighted by Crippen LogP contribution is 2.28. The normalized spacial score (nSPS) is 19.6. The first kappa shape index (κ1) is 14.3. The van der Waals surface area contributed by atoms with Crippen molar-refractivity contribution in [3.8, 4) is 0 Å². The average molecular weight is 325 g/mol. The van der Waals surface area contributed by atoms with Crippen LogP contribution in [0.25, 0.3) is 0 Å². The lowest BCUT2D eigenvalue weighted by Gasteiger charge is -2.29. The molecule has 0 bridgehead atoms. The molecule has 2 rings (SSSR count). The zero-order chi connectivity index (χ0) is 14.0. The minimum Gasteiger partial charge on any atom is -0.384 e. The Labute approximate surface area is 123 Å². The molecule has 0 spiro atoms. The summed E-state index contributed by atoms with van der Waals surface area (Å²) in [4.78, 5) is 4.61. The Kier molecular flexibility index (Phi) is 4.47. The van der Waals surface area contributed by atoms with Crippen LogP contribution in [0, 0.1) is 5.41 Å². The van der Waals surface area contributed by atoms with Crippen molar-refractivity contribution < 1.29 is 0 Å². The van der Waals surface area contributed by atoms with Gasteiger partial charge in [-0.15, -0.1) is 0 Å². The Morgan fingerprint density at radius 2 is 2.32 bits per heavy atom. The van der Waals surface area contributed by atoms with Crippen molar-refractivity contribution in [2.75, 3.05) is 32.1 Å². The summed E-state index contributed by atoms with van der Waals surface area (Å²) in [5.41, 5.74) is 7.50. The summed E-state index contributed by atoms with van der Waals surface area (Å²) >= 11 is 3.48. The molecule has 1 unspecified atom stereocenters. The van der Waals surface area contributed by atoms with Crippen molar-refractivity contribution in [1.29, 1.82) is 5.41 Å². The molecule has 1 aliphatic heterocycles. The highest BCUT2D eigenvalue weighted by atomic mass is 79.9. The van der Waals surface area contributed by atoms with Gasteiger partial charge in [-0.1, -0.05) is 6.07 Å². The maximum absolute atomic E-state index is 7.75. The second kappa shape index (κ2) is 5.92. The van der Waals surface area contributed by atoms with E-state index in [-0.39, 0.29) is 5.84 Å². The van der Waals surface area contributed by atoms with Crippen LogP contribution in [0.4, 0.5) is 5.69 Å². The first-order chi connectivity index (χ1) is 9.00. The Hall–Kier alpha value is -1.07. The summed E-state index contributed by atoms with van der Waals surface area (Å²) in [5, 5.41) is 7.75. The summed E-state index contributed by atoms with van der Waals surface area (Å²) in [6.45, 7) is 2.14. The molecule has 0 aliphatic carbocycles. The summed E-state index contributed by atoms with van der Waals surface area (Å²) in [6.07, 6.45) is 2.51. The average Bonchev–Trinajstić information content (AvgIpc) is 2.74. The molecule has 1 fully saturated rings. The Balaban J connectivity index is 2.21. The van der Waals surface area contributed by atoms with Crippen LogP contribution < -0.4 is 10.6 Å². The number of nitrogens with one attached hydrogen (secondary N) is 1. The molecule has 19 heavy (non-hydrogen) atoms. The predicted molar refractivity (Wildman–Crippen MR) is 84.1 cm³/mol. The Morgan fingerprint density at radius 1 is 1.58 bits per heavy atom. The van der Waals surface area contributed by atoms with Gasteiger partial charge in [0.05, 0.1) is 5.56 Å². The van der Waals surface area contributed by atoms with Gasteiger partial charge in [-0.3, -0.25) is 5.41 Å². The lowest BCUT2D eigenvalue weighted by atomic mass is 10.1. The van der Waals surface area contributed by atoms with E-state index in [1.165, 1.54) is 19.4 Å². The molecule has 1 heterocycles. The largest absolute Gasteiger partial charge is 0.384 e. The number of benzene rings is 1. The predicted octanol–water partition coefficient (Wildman–Crippen LogP) is 2.26. The Morgan fingerprint density at radius 3 is 2.89 bits per heavy atom. The van der Waals surface area contributed by atoms with Gasteiger partial charge in [0.15, 0.2) is 0 Å². The van der Waals surface area contributed by atoms with Gasteiger partial charge in [0, 0.05) is 29.8 Å². The number of rotatable bonds is 4. The summed E-state index contributed by atoms with van der Waals surface area (Å²) < 4.78 is 0.879. The van der Waals surface area contributed by atoms with Gasteiger partial charge in [0.2, 0.25) is 0 Å². The van der Waals surface area contributed by atoms with Gasteiger partial charge in [-0.2, -0.15) is 0 Å². The number of hydrogen-bond donors (Lipinski definition) is 2. The minimum atomic E-state index is 0.106. The van der Waals surface area contributed by atoms with Gasteiger partial charge in [-0.25, -0.2) is 0 Å². The second-order valence-electron chi connectivity index (χ2n) is 5.20. The molecule has 1 saturated heterocycles. The van der Waals surface area contributed by atoms with Gasteiger partial charge in [0.25, 0.3) is 0 Å². The second-order valence-corrected chi connectivity index (χ2v) is 6.06. The topological polar surface area (TPSA) is 56.4 Å². The zero-order valence-corrected chi connectivity index (χ0v) is 13.1. The number of nitrogen functional groups attached to an aromatic ring is 1. The molecule has 0 radical (unpaired) electrons. The van der Waals surface area contributed by atoms with Crippen LogP contribution in [0.15, 0.2) is 22.7 Å². The quantitative estimate of drug-likeness (QED) is 0.659. The van der Waals surface area contributed by atoms with E-state index < -0.39 is 0 Å². The van der Waals surface area contributed by atoms with Crippen molar-refractivity contribution in [3.63, 3.8) is 0 Å². The smallest absolute Gasteiger partial charge is 0.126 e. The monoisotopic (exact) mass is 324 g/mol. The molecule has 0 aromatic heterocycles. The van der Waals surface area contributed by atoms with Gasteiger partial charge >= 0.3 is 0 Å². The first-order valence-electron chi connectivity index (χ1n) is 6.55. The lowest BCUT2D eigenvalue weighted by molar-refractivity contribution is 0.314. The number of likely N-dealkylation sites (N-methyl/N-ethyl adjacent to an activating group) is 2. The van der Waals surface area contributed by atoms with Crippen molar-refractivity contribution in [1.82, 2.24) is 4.90 Å². The SMILES string of the molecule is CN(CC1CCCN1C)c1cccc(Br)c1C(=N)N. The molecule has 3 N–H and O–H groups in total. The maximum Gasteiger partial charge on any atom is 0.126 e. The fourth-order valence-corrected chi connectivity index (χ4v) is 3.29. The van der Waals surface area contributed by atoms with Gasteiger partial charge in [0.1, 0.15) is 5.84 Å². The summed E-state index contributed by atoms with van der Waals surface area (Å²) in [5.74, 6) is 0.106. The van der Waals surface area contributed by atoms with E-state index in [4.69, 9.17) is 11.1 Å². The van der Waals surface area contributed by atoms with E-state index in [2.05, 4.69) is 39.8 Å². The van der Waals surface area contributed by atoms with Crippen LogP contribution in [0.1, 0.15) is 18.4 Å². The number of likely N-dealkylation sites (tertiary alicyclic amines) is 1. The number of hydrogen-bond acceptors (Lipinski definition) is 3. The van der Waals surface area contributed by atoms with Crippen LogP contribution >= 0.6 is 15.9 Å². The molecule has 1 atom stereocenters. The number of nitrogens with two attached hydrogens (primary N) is 1. The third kappa shape index (κ3) is 3.09. The van der Waals surface area contributed by atoms with Crippen molar-refractivity contribution in [3.05, 3.63) is 28.2 Å². The Bertz CT molecular complexity index is 475. The maximum atomic E-state index is 7.75. The third-order valence-electron chi connectivity index (χ3n) is 3.83. The molecule has 0 saturated carbocycles. The van der Waals surface area contributed by atoms with Crippen molar-refractivity contribution >= 4 is 27.5 Å². The highest BCUT2D eigenvalue weighted by Gasteiger charge is 2.23. The van der Waals surface area contributed by atoms with E-state index >= 15 is 0 Å². The van der Waals surface area contributed by atoms with Crippen LogP contribution in [0.5, 0.6) is 0 Å². The molecule has 5 heteroatoms. The van der Waals surface area contributed by atoms with Crippen LogP contribution in [0.2, 0.25) is 0 Å². The number of halogens is 1. The lowest BCUT2D eigenvalue weighted by Crippen LogP contribution is -2.37.